The van der Waals surface area contributed by atoms with Crippen molar-refractivity contribution in [2.24, 2.45) is 11.7 Å². The number of carbonyl (C=O) groups is 1. The summed E-state index contributed by atoms with van der Waals surface area (Å²) in [6, 6.07) is 13.7. The predicted octanol–water partition coefficient (Wildman–Crippen LogP) is 3.51. The van der Waals surface area contributed by atoms with Crippen LogP contribution >= 0.6 is 11.6 Å². The largest absolute Gasteiger partial charge is 0.337 e. The standard InChI is InChI=1S/C19H20ClFN2O/c20-15-5-3-4-13(9-15)8-14-10-16(22)12-23(11-14)19(24)17-6-1-2-7-18(17)21/h1-7,9,14,16H,8,10-12,22H2. The molecule has 3 rings (SSSR count). The molecule has 1 fully saturated rings. The molecule has 0 aliphatic carbocycles. The van der Waals surface area contributed by atoms with E-state index >= 15 is 0 Å². The molecule has 3 nitrogen and oxygen atoms in total. The van der Waals surface area contributed by atoms with Crippen molar-refractivity contribution < 1.29 is 9.18 Å². The molecule has 5 heteroatoms. The molecule has 1 aliphatic heterocycles. The molecule has 1 amide bonds. The summed E-state index contributed by atoms with van der Waals surface area (Å²) in [4.78, 5) is 14.3. The number of likely N-dealkylation sites (tertiary alicyclic amines) is 1. The van der Waals surface area contributed by atoms with Crippen LogP contribution in [0.3, 0.4) is 0 Å². The van der Waals surface area contributed by atoms with Crippen LogP contribution in [0.4, 0.5) is 4.39 Å². The van der Waals surface area contributed by atoms with Crippen LogP contribution < -0.4 is 5.73 Å². The number of benzene rings is 2. The van der Waals surface area contributed by atoms with Gasteiger partial charge in [0.15, 0.2) is 0 Å². The lowest BCUT2D eigenvalue weighted by Crippen LogP contribution is -2.50. The van der Waals surface area contributed by atoms with Gasteiger partial charge in [0, 0.05) is 24.2 Å². The Morgan fingerprint density at radius 1 is 1.21 bits per heavy atom. The van der Waals surface area contributed by atoms with E-state index in [2.05, 4.69) is 0 Å². The van der Waals surface area contributed by atoms with Crippen molar-refractivity contribution in [3.63, 3.8) is 0 Å². The average Bonchev–Trinajstić information content (AvgIpc) is 2.54. The second-order valence-electron chi connectivity index (χ2n) is 6.39. The van der Waals surface area contributed by atoms with Crippen molar-refractivity contribution in [1.29, 1.82) is 0 Å². The maximum atomic E-state index is 13.9. The van der Waals surface area contributed by atoms with Crippen molar-refractivity contribution >= 4 is 17.5 Å². The Morgan fingerprint density at radius 2 is 2.00 bits per heavy atom. The first-order valence-electron chi connectivity index (χ1n) is 8.06. The van der Waals surface area contributed by atoms with E-state index in [0.717, 1.165) is 18.4 Å². The van der Waals surface area contributed by atoms with Gasteiger partial charge in [0.05, 0.1) is 5.56 Å². The molecule has 0 spiro atoms. The van der Waals surface area contributed by atoms with Crippen molar-refractivity contribution in [3.05, 3.63) is 70.5 Å². The van der Waals surface area contributed by atoms with Crippen molar-refractivity contribution in [2.45, 2.75) is 18.9 Å². The Balaban J connectivity index is 1.73. The number of nitrogens with zero attached hydrogens (tertiary/aromatic N) is 1. The number of rotatable bonds is 3. The second kappa shape index (κ2) is 7.32. The summed E-state index contributed by atoms with van der Waals surface area (Å²) in [5, 5.41) is 0.701. The van der Waals surface area contributed by atoms with Gasteiger partial charge in [-0.3, -0.25) is 4.79 Å². The highest BCUT2D eigenvalue weighted by atomic mass is 35.5. The smallest absolute Gasteiger partial charge is 0.256 e. The van der Waals surface area contributed by atoms with E-state index in [1.165, 1.54) is 12.1 Å². The lowest BCUT2D eigenvalue weighted by Gasteiger charge is -2.36. The lowest BCUT2D eigenvalue weighted by molar-refractivity contribution is 0.0645. The minimum absolute atomic E-state index is 0.0985. The fourth-order valence-electron chi connectivity index (χ4n) is 3.36. The van der Waals surface area contributed by atoms with E-state index in [0.29, 0.717) is 18.1 Å². The van der Waals surface area contributed by atoms with Crippen molar-refractivity contribution in [2.75, 3.05) is 13.1 Å². The zero-order valence-corrected chi connectivity index (χ0v) is 14.0. The quantitative estimate of drug-likeness (QED) is 0.924. The number of halogens is 2. The lowest BCUT2D eigenvalue weighted by atomic mass is 9.88. The van der Waals surface area contributed by atoms with Gasteiger partial charge in [-0.2, -0.15) is 0 Å². The Hall–Kier alpha value is -1.91. The summed E-state index contributed by atoms with van der Waals surface area (Å²) in [5.41, 5.74) is 7.37. The average molecular weight is 347 g/mol. The van der Waals surface area contributed by atoms with Crippen molar-refractivity contribution in [1.82, 2.24) is 4.90 Å². The van der Waals surface area contributed by atoms with E-state index in [4.69, 9.17) is 17.3 Å². The molecule has 1 aliphatic rings. The highest BCUT2D eigenvalue weighted by Crippen LogP contribution is 2.23. The van der Waals surface area contributed by atoms with Gasteiger partial charge in [0.2, 0.25) is 0 Å². The van der Waals surface area contributed by atoms with Crippen LogP contribution in [0.5, 0.6) is 0 Å². The highest BCUT2D eigenvalue weighted by Gasteiger charge is 2.29. The summed E-state index contributed by atoms with van der Waals surface area (Å²) in [6.45, 7) is 1.03. The number of nitrogens with two attached hydrogens (primary N) is 1. The van der Waals surface area contributed by atoms with Gasteiger partial charge >= 0.3 is 0 Å². The molecule has 2 N–H and O–H groups in total. The van der Waals surface area contributed by atoms with Crippen LogP contribution in [-0.4, -0.2) is 29.9 Å². The summed E-state index contributed by atoms with van der Waals surface area (Å²) in [6.07, 6.45) is 1.64. The second-order valence-corrected chi connectivity index (χ2v) is 6.82. The third-order valence-electron chi connectivity index (χ3n) is 4.37. The minimum atomic E-state index is -0.493. The molecule has 24 heavy (non-hydrogen) atoms. The number of carbonyl (C=O) groups excluding carboxylic acids is 1. The van der Waals surface area contributed by atoms with Crippen LogP contribution in [0.1, 0.15) is 22.3 Å². The van der Waals surface area contributed by atoms with Gasteiger partial charge in [0.25, 0.3) is 5.91 Å². The molecule has 2 aromatic rings. The SMILES string of the molecule is NC1CC(Cc2cccc(Cl)c2)CN(C(=O)c2ccccc2F)C1. The summed E-state index contributed by atoms with van der Waals surface area (Å²) in [5.74, 6) is -0.546. The third kappa shape index (κ3) is 3.94. The zero-order chi connectivity index (χ0) is 17.1. The molecule has 0 aromatic heterocycles. The van der Waals surface area contributed by atoms with Crippen LogP contribution in [-0.2, 0) is 6.42 Å². The van der Waals surface area contributed by atoms with Gasteiger partial charge < -0.3 is 10.6 Å². The maximum absolute atomic E-state index is 13.9. The topological polar surface area (TPSA) is 46.3 Å². The molecule has 1 saturated heterocycles. The predicted molar refractivity (Wildman–Crippen MR) is 93.5 cm³/mol. The normalized spacial score (nSPS) is 20.9. The van der Waals surface area contributed by atoms with Crippen LogP contribution in [0.2, 0.25) is 5.02 Å². The van der Waals surface area contributed by atoms with E-state index in [1.54, 1.807) is 17.0 Å². The molecule has 0 saturated carbocycles. The van der Waals surface area contributed by atoms with Crippen LogP contribution in [0, 0.1) is 11.7 Å². The molecular weight excluding hydrogens is 327 g/mol. The Morgan fingerprint density at radius 3 is 2.75 bits per heavy atom. The number of hydrogen-bond acceptors (Lipinski definition) is 2. The fourth-order valence-corrected chi connectivity index (χ4v) is 3.58. The minimum Gasteiger partial charge on any atom is -0.337 e. The molecule has 0 radical (unpaired) electrons. The van der Waals surface area contributed by atoms with Gasteiger partial charge in [-0.25, -0.2) is 4.39 Å². The fraction of sp³-hybridized carbons (Fsp3) is 0.316. The van der Waals surface area contributed by atoms with Crippen molar-refractivity contribution in [3.8, 4) is 0 Å². The number of hydrogen-bond donors (Lipinski definition) is 1. The summed E-state index contributed by atoms with van der Waals surface area (Å²) >= 11 is 6.04. The Labute approximate surface area is 146 Å². The molecule has 2 aromatic carbocycles. The van der Waals surface area contributed by atoms with Gasteiger partial charge in [-0.15, -0.1) is 0 Å². The zero-order valence-electron chi connectivity index (χ0n) is 13.3. The first-order chi connectivity index (χ1) is 11.5. The van der Waals surface area contributed by atoms with Crippen LogP contribution in [0.25, 0.3) is 0 Å². The van der Waals surface area contributed by atoms with Crippen LogP contribution in [0.15, 0.2) is 48.5 Å². The van der Waals surface area contributed by atoms with E-state index in [9.17, 15) is 9.18 Å². The molecule has 2 unspecified atom stereocenters. The van der Waals surface area contributed by atoms with E-state index in [1.807, 2.05) is 24.3 Å². The van der Waals surface area contributed by atoms with E-state index in [-0.39, 0.29) is 23.4 Å². The monoisotopic (exact) mass is 346 g/mol. The number of amides is 1. The Bertz CT molecular complexity index is 737. The molecule has 2 atom stereocenters. The molecule has 0 bridgehead atoms. The maximum Gasteiger partial charge on any atom is 0.256 e. The highest BCUT2D eigenvalue weighted by molar-refractivity contribution is 6.30. The van der Waals surface area contributed by atoms with E-state index < -0.39 is 5.82 Å². The summed E-state index contributed by atoms with van der Waals surface area (Å²) < 4.78 is 13.9. The number of piperidine rings is 1. The van der Waals surface area contributed by atoms with Gasteiger partial charge in [-0.1, -0.05) is 35.9 Å². The Kier molecular flexibility index (Phi) is 5.17. The third-order valence-corrected chi connectivity index (χ3v) is 4.61. The summed E-state index contributed by atoms with van der Waals surface area (Å²) in [7, 11) is 0. The van der Waals surface area contributed by atoms with Gasteiger partial charge in [0.1, 0.15) is 5.82 Å². The first-order valence-corrected chi connectivity index (χ1v) is 8.44. The molecular formula is C19H20ClFN2O. The molecule has 1 heterocycles. The van der Waals surface area contributed by atoms with Gasteiger partial charge in [-0.05, 0) is 48.6 Å². The molecule has 126 valence electrons. The first kappa shape index (κ1) is 16.9.